The number of carboxylic acids is 1. The van der Waals surface area contributed by atoms with Gasteiger partial charge in [-0.15, -0.1) is 0 Å². The molecule has 1 heterocycles. The quantitative estimate of drug-likeness (QED) is 0.765. The van der Waals surface area contributed by atoms with Gasteiger partial charge in [-0.05, 0) is 11.8 Å². The van der Waals surface area contributed by atoms with Crippen molar-refractivity contribution in [2.75, 3.05) is 13.2 Å². The zero-order valence-corrected chi connectivity index (χ0v) is 10.3. The van der Waals surface area contributed by atoms with E-state index in [0.29, 0.717) is 26.1 Å². The molecule has 0 spiro atoms. The van der Waals surface area contributed by atoms with E-state index in [1.165, 1.54) is 0 Å². The van der Waals surface area contributed by atoms with Gasteiger partial charge in [0.15, 0.2) is 0 Å². The molecule has 17 heavy (non-hydrogen) atoms. The number of carbonyl (C=O) groups excluding carboxylic acids is 1. The largest absolute Gasteiger partial charge is 0.480 e. The molecule has 1 aliphatic heterocycles. The lowest BCUT2D eigenvalue weighted by atomic mass is 9.89. The van der Waals surface area contributed by atoms with Gasteiger partial charge in [-0.3, -0.25) is 4.79 Å². The third-order valence-electron chi connectivity index (χ3n) is 3.95. The topological polar surface area (TPSA) is 75.6 Å². The number of hydrogen-bond acceptors (Lipinski definition) is 3. The summed E-state index contributed by atoms with van der Waals surface area (Å²) in [6, 6.07) is 0. The van der Waals surface area contributed by atoms with Crippen LogP contribution in [0.3, 0.4) is 0 Å². The van der Waals surface area contributed by atoms with Crippen LogP contribution in [-0.2, 0) is 14.3 Å². The second-order valence-corrected chi connectivity index (χ2v) is 5.73. The third-order valence-corrected chi connectivity index (χ3v) is 3.95. The van der Waals surface area contributed by atoms with Gasteiger partial charge >= 0.3 is 5.97 Å². The fourth-order valence-electron chi connectivity index (χ4n) is 2.35. The van der Waals surface area contributed by atoms with Crippen LogP contribution in [0.4, 0.5) is 0 Å². The Balaban J connectivity index is 2.03. The van der Waals surface area contributed by atoms with Crippen LogP contribution in [0.5, 0.6) is 0 Å². The molecule has 96 valence electrons. The summed E-state index contributed by atoms with van der Waals surface area (Å²) >= 11 is 0. The zero-order chi connectivity index (χ0) is 12.7. The summed E-state index contributed by atoms with van der Waals surface area (Å²) in [6.45, 7) is 4.82. The number of nitrogens with one attached hydrogen (secondary N) is 1. The van der Waals surface area contributed by atoms with Gasteiger partial charge in [-0.2, -0.15) is 0 Å². The molecule has 1 unspecified atom stereocenters. The monoisotopic (exact) mass is 241 g/mol. The Hall–Kier alpha value is -1.10. The Labute approximate surface area is 101 Å². The fourth-order valence-corrected chi connectivity index (χ4v) is 2.35. The van der Waals surface area contributed by atoms with Crippen LogP contribution in [0.15, 0.2) is 0 Å². The SMILES string of the molecule is CC1(C)CC1C(=O)NC1(C(=O)O)CCOCC1. The molecule has 1 saturated heterocycles. The molecular formula is C12H19NO4. The van der Waals surface area contributed by atoms with Gasteiger partial charge in [0.2, 0.25) is 5.91 Å². The number of aliphatic carboxylic acids is 1. The maximum Gasteiger partial charge on any atom is 0.329 e. The minimum absolute atomic E-state index is 0.0228. The highest BCUT2D eigenvalue weighted by Crippen LogP contribution is 2.51. The van der Waals surface area contributed by atoms with E-state index in [4.69, 9.17) is 4.74 Å². The van der Waals surface area contributed by atoms with Crippen molar-refractivity contribution in [3.63, 3.8) is 0 Å². The smallest absolute Gasteiger partial charge is 0.329 e. The second-order valence-electron chi connectivity index (χ2n) is 5.73. The van der Waals surface area contributed by atoms with E-state index in [1.807, 2.05) is 13.8 Å². The highest BCUT2D eigenvalue weighted by molar-refractivity contribution is 5.89. The van der Waals surface area contributed by atoms with Crippen LogP contribution in [0.2, 0.25) is 0 Å². The van der Waals surface area contributed by atoms with Gasteiger partial charge in [0, 0.05) is 32.0 Å². The van der Waals surface area contributed by atoms with Gasteiger partial charge in [0.25, 0.3) is 0 Å². The maximum absolute atomic E-state index is 12.0. The molecule has 1 aliphatic carbocycles. The molecule has 1 amide bonds. The third kappa shape index (κ3) is 2.29. The van der Waals surface area contributed by atoms with E-state index in [0.717, 1.165) is 6.42 Å². The van der Waals surface area contributed by atoms with Crippen molar-refractivity contribution >= 4 is 11.9 Å². The van der Waals surface area contributed by atoms with Crippen molar-refractivity contribution in [1.82, 2.24) is 5.32 Å². The second kappa shape index (κ2) is 3.98. The predicted molar refractivity (Wildman–Crippen MR) is 60.5 cm³/mol. The Morgan fingerprint density at radius 1 is 1.29 bits per heavy atom. The summed E-state index contributed by atoms with van der Waals surface area (Å²) in [6.07, 6.45) is 1.54. The van der Waals surface area contributed by atoms with Crippen molar-refractivity contribution in [3.8, 4) is 0 Å². The van der Waals surface area contributed by atoms with E-state index in [-0.39, 0.29) is 17.2 Å². The maximum atomic E-state index is 12.0. The number of carboxylic acid groups (broad SMARTS) is 1. The first-order valence-electron chi connectivity index (χ1n) is 6.01. The summed E-state index contributed by atoms with van der Waals surface area (Å²) in [7, 11) is 0. The molecule has 1 saturated carbocycles. The highest BCUT2D eigenvalue weighted by Gasteiger charge is 2.53. The first kappa shape index (κ1) is 12.4. The van der Waals surface area contributed by atoms with E-state index in [1.54, 1.807) is 0 Å². The van der Waals surface area contributed by atoms with Crippen molar-refractivity contribution in [2.24, 2.45) is 11.3 Å². The van der Waals surface area contributed by atoms with Crippen LogP contribution in [0.1, 0.15) is 33.1 Å². The van der Waals surface area contributed by atoms with Gasteiger partial charge in [-0.1, -0.05) is 13.8 Å². The highest BCUT2D eigenvalue weighted by atomic mass is 16.5. The van der Waals surface area contributed by atoms with Crippen molar-refractivity contribution in [2.45, 2.75) is 38.6 Å². The van der Waals surface area contributed by atoms with Crippen LogP contribution in [0.25, 0.3) is 0 Å². The molecule has 2 aliphatic rings. The minimum atomic E-state index is -1.12. The van der Waals surface area contributed by atoms with Gasteiger partial charge < -0.3 is 15.2 Å². The number of amides is 1. The van der Waals surface area contributed by atoms with Crippen LogP contribution in [-0.4, -0.2) is 35.7 Å². The molecule has 2 N–H and O–H groups in total. The number of rotatable bonds is 3. The first-order valence-corrected chi connectivity index (χ1v) is 6.01. The van der Waals surface area contributed by atoms with Crippen LogP contribution < -0.4 is 5.32 Å². The average molecular weight is 241 g/mol. The fraction of sp³-hybridized carbons (Fsp3) is 0.833. The Kier molecular flexibility index (Phi) is 2.89. The average Bonchev–Trinajstić information content (AvgIpc) is 2.89. The summed E-state index contributed by atoms with van der Waals surface area (Å²) in [4.78, 5) is 23.3. The van der Waals surface area contributed by atoms with Crippen molar-refractivity contribution in [1.29, 1.82) is 0 Å². The first-order chi connectivity index (χ1) is 7.87. The lowest BCUT2D eigenvalue weighted by Gasteiger charge is -2.34. The number of hydrogen-bond donors (Lipinski definition) is 2. The predicted octanol–water partition coefficient (Wildman–Crippen LogP) is 0.782. The zero-order valence-electron chi connectivity index (χ0n) is 10.3. The molecule has 0 aromatic rings. The van der Waals surface area contributed by atoms with E-state index >= 15 is 0 Å². The molecular weight excluding hydrogens is 222 g/mol. The molecule has 5 nitrogen and oxygen atoms in total. The molecule has 0 bridgehead atoms. The van der Waals surface area contributed by atoms with Crippen LogP contribution in [0, 0.1) is 11.3 Å². The van der Waals surface area contributed by atoms with Gasteiger partial charge in [-0.25, -0.2) is 4.79 Å². The lowest BCUT2D eigenvalue weighted by molar-refractivity contribution is -0.152. The van der Waals surface area contributed by atoms with E-state index in [9.17, 15) is 14.7 Å². The minimum Gasteiger partial charge on any atom is -0.480 e. The summed E-state index contributed by atoms with van der Waals surface area (Å²) < 4.78 is 5.16. The Bertz CT molecular complexity index is 344. The number of carbonyl (C=O) groups is 2. The summed E-state index contributed by atoms with van der Waals surface area (Å²) in [5.74, 6) is -1.12. The van der Waals surface area contributed by atoms with E-state index < -0.39 is 11.5 Å². The molecule has 5 heteroatoms. The molecule has 2 rings (SSSR count). The molecule has 2 fully saturated rings. The van der Waals surface area contributed by atoms with Crippen LogP contribution >= 0.6 is 0 Å². The molecule has 1 atom stereocenters. The molecule has 0 radical (unpaired) electrons. The molecule has 0 aromatic carbocycles. The van der Waals surface area contributed by atoms with Gasteiger partial charge in [0.05, 0.1) is 0 Å². The van der Waals surface area contributed by atoms with Crippen molar-refractivity contribution in [3.05, 3.63) is 0 Å². The van der Waals surface area contributed by atoms with Crippen molar-refractivity contribution < 1.29 is 19.4 Å². The Morgan fingerprint density at radius 2 is 1.82 bits per heavy atom. The molecule has 0 aromatic heterocycles. The number of ether oxygens (including phenoxy) is 1. The lowest BCUT2D eigenvalue weighted by Crippen LogP contribution is -2.58. The summed E-state index contributed by atoms with van der Waals surface area (Å²) in [5.41, 5.74) is -1.09. The Morgan fingerprint density at radius 3 is 2.24 bits per heavy atom. The van der Waals surface area contributed by atoms with E-state index in [2.05, 4.69) is 5.32 Å². The van der Waals surface area contributed by atoms with Gasteiger partial charge in [0.1, 0.15) is 5.54 Å². The standard InChI is InChI=1S/C12H19NO4/c1-11(2)7-8(11)9(14)13-12(10(15)16)3-5-17-6-4-12/h8H,3-7H2,1-2H3,(H,13,14)(H,15,16). The normalized spacial score (nSPS) is 29.4. The summed E-state index contributed by atoms with van der Waals surface area (Å²) in [5, 5.41) is 12.0.